The largest absolute Gasteiger partial charge is 0.481 e. The highest BCUT2D eigenvalue weighted by atomic mass is 16.4. The van der Waals surface area contributed by atoms with Crippen LogP contribution in [0.25, 0.3) is 0 Å². The number of rotatable bonds is 3. The lowest BCUT2D eigenvalue weighted by atomic mass is 9.97. The molecular weight excluding hydrogens is 136 g/mol. The van der Waals surface area contributed by atoms with Crippen LogP contribution in [-0.4, -0.2) is 22.2 Å². The maximum Gasteiger partial charge on any atom is 0.307 e. The lowest BCUT2D eigenvalue weighted by Gasteiger charge is -2.09. The SMILES string of the molecule is CC(C(=O)O)C(C)C(=O)O.[HH].[HH]. The molecule has 4 heteroatoms. The van der Waals surface area contributed by atoms with Gasteiger partial charge >= 0.3 is 11.9 Å². The second-order valence-electron chi connectivity index (χ2n) is 2.25. The van der Waals surface area contributed by atoms with Crippen LogP contribution in [0, 0.1) is 11.8 Å². The molecule has 4 nitrogen and oxygen atoms in total. The minimum atomic E-state index is -1.07. The Morgan fingerprint density at radius 2 is 1.30 bits per heavy atom. The Balaban J connectivity index is -0.000000405. The average molecular weight is 150 g/mol. The van der Waals surface area contributed by atoms with Gasteiger partial charge in [0, 0.05) is 2.85 Å². The molecule has 0 aromatic heterocycles. The minimum Gasteiger partial charge on any atom is -0.481 e. The van der Waals surface area contributed by atoms with E-state index in [1.165, 1.54) is 13.8 Å². The third kappa shape index (κ3) is 2.05. The van der Waals surface area contributed by atoms with Crippen molar-refractivity contribution >= 4 is 11.9 Å². The summed E-state index contributed by atoms with van der Waals surface area (Å²) in [5, 5.41) is 16.7. The van der Waals surface area contributed by atoms with Crippen LogP contribution in [-0.2, 0) is 9.59 Å². The number of carboxylic acid groups (broad SMARTS) is 2. The Morgan fingerprint density at radius 3 is 1.40 bits per heavy atom. The van der Waals surface area contributed by atoms with Gasteiger partial charge in [0.15, 0.2) is 0 Å². The smallest absolute Gasteiger partial charge is 0.307 e. The fourth-order valence-corrected chi connectivity index (χ4v) is 0.428. The zero-order valence-electron chi connectivity index (χ0n) is 5.87. The summed E-state index contributed by atoms with van der Waals surface area (Å²) in [6, 6.07) is 0. The van der Waals surface area contributed by atoms with Crippen LogP contribution >= 0.6 is 0 Å². The van der Waals surface area contributed by atoms with E-state index in [0.29, 0.717) is 0 Å². The van der Waals surface area contributed by atoms with Gasteiger partial charge in [0.25, 0.3) is 0 Å². The zero-order valence-corrected chi connectivity index (χ0v) is 5.87. The van der Waals surface area contributed by atoms with E-state index in [1.54, 1.807) is 0 Å². The maximum absolute atomic E-state index is 10.2. The first kappa shape index (κ1) is 8.94. The zero-order chi connectivity index (χ0) is 8.31. The van der Waals surface area contributed by atoms with Crippen LogP contribution < -0.4 is 0 Å². The molecule has 0 amide bonds. The molecular formula is C6H14O4. The summed E-state index contributed by atoms with van der Waals surface area (Å²) in [5.41, 5.74) is 0. The van der Waals surface area contributed by atoms with Gasteiger partial charge in [-0.2, -0.15) is 0 Å². The first-order chi connectivity index (χ1) is 4.46. The van der Waals surface area contributed by atoms with Crippen LogP contribution in [0.15, 0.2) is 0 Å². The molecule has 0 fully saturated rings. The van der Waals surface area contributed by atoms with E-state index in [0.717, 1.165) is 0 Å². The average Bonchev–Trinajstić information content (AvgIpc) is 1.84. The molecule has 0 saturated carbocycles. The predicted octanol–water partition coefficient (Wildman–Crippen LogP) is 0.920. The van der Waals surface area contributed by atoms with E-state index < -0.39 is 23.8 Å². The van der Waals surface area contributed by atoms with Gasteiger partial charge < -0.3 is 10.2 Å². The molecule has 2 N–H and O–H groups in total. The highest BCUT2D eigenvalue weighted by Crippen LogP contribution is 2.10. The van der Waals surface area contributed by atoms with Gasteiger partial charge in [0.05, 0.1) is 11.8 Å². The first-order valence-corrected chi connectivity index (χ1v) is 2.92. The molecule has 0 spiro atoms. The van der Waals surface area contributed by atoms with Gasteiger partial charge in [0.1, 0.15) is 0 Å². The Morgan fingerprint density at radius 1 is 1.10 bits per heavy atom. The molecule has 0 aliphatic rings. The van der Waals surface area contributed by atoms with E-state index in [9.17, 15) is 9.59 Å². The van der Waals surface area contributed by atoms with Crippen LogP contribution in [0.4, 0.5) is 0 Å². The second kappa shape index (κ2) is 3.20. The van der Waals surface area contributed by atoms with Crippen molar-refractivity contribution in [3.63, 3.8) is 0 Å². The van der Waals surface area contributed by atoms with Gasteiger partial charge in [0.2, 0.25) is 0 Å². The van der Waals surface area contributed by atoms with Crippen molar-refractivity contribution in [2.24, 2.45) is 11.8 Å². The van der Waals surface area contributed by atoms with Gasteiger partial charge in [-0.25, -0.2) is 0 Å². The van der Waals surface area contributed by atoms with E-state index in [-0.39, 0.29) is 2.85 Å². The molecule has 2 atom stereocenters. The molecule has 62 valence electrons. The van der Waals surface area contributed by atoms with Crippen molar-refractivity contribution in [3.8, 4) is 0 Å². The third-order valence-electron chi connectivity index (χ3n) is 1.53. The number of carbonyl (C=O) groups is 2. The normalized spacial score (nSPS) is 15.8. The Bertz CT molecular complexity index is 142. The quantitative estimate of drug-likeness (QED) is 0.627. The Hall–Kier alpha value is -1.06. The summed E-state index contributed by atoms with van der Waals surface area (Å²) in [7, 11) is 0. The molecule has 0 aliphatic carbocycles. The van der Waals surface area contributed by atoms with Crippen molar-refractivity contribution in [3.05, 3.63) is 0 Å². The molecule has 0 aliphatic heterocycles. The lowest BCUT2D eigenvalue weighted by molar-refractivity contribution is -0.152. The number of hydrogen-bond donors (Lipinski definition) is 2. The van der Waals surface area contributed by atoms with Gasteiger partial charge in [-0.15, -0.1) is 0 Å². The molecule has 2 unspecified atom stereocenters. The maximum atomic E-state index is 10.2. The van der Waals surface area contributed by atoms with E-state index in [2.05, 4.69) is 0 Å². The monoisotopic (exact) mass is 150 g/mol. The number of aliphatic carboxylic acids is 2. The fraction of sp³-hybridized carbons (Fsp3) is 0.667. The molecule has 0 rings (SSSR count). The Kier molecular flexibility index (Phi) is 2.86. The summed E-state index contributed by atoms with van der Waals surface area (Å²) in [5.74, 6) is -3.79. The van der Waals surface area contributed by atoms with Crippen LogP contribution in [0.1, 0.15) is 16.7 Å². The summed E-state index contributed by atoms with van der Waals surface area (Å²) in [6.45, 7) is 2.75. The first-order valence-electron chi connectivity index (χ1n) is 2.92. The van der Waals surface area contributed by atoms with E-state index in [1.807, 2.05) is 0 Å². The summed E-state index contributed by atoms with van der Waals surface area (Å²) >= 11 is 0. The van der Waals surface area contributed by atoms with Crippen LogP contribution in [0.3, 0.4) is 0 Å². The highest BCUT2D eigenvalue weighted by molar-refractivity contribution is 5.79. The van der Waals surface area contributed by atoms with Crippen LogP contribution in [0.5, 0.6) is 0 Å². The van der Waals surface area contributed by atoms with E-state index in [4.69, 9.17) is 10.2 Å². The molecule has 10 heavy (non-hydrogen) atoms. The highest BCUT2D eigenvalue weighted by Gasteiger charge is 2.24. The van der Waals surface area contributed by atoms with Gasteiger partial charge in [-0.3, -0.25) is 9.59 Å². The van der Waals surface area contributed by atoms with Gasteiger partial charge in [-0.1, -0.05) is 13.8 Å². The van der Waals surface area contributed by atoms with Crippen molar-refractivity contribution < 1.29 is 22.7 Å². The topological polar surface area (TPSA) is 74.6 Å². The van der Waals surface area contributed by atoms with Crippen molar-refractivity contribution in [1.82, 2.24) is 0 Å². The predicted molar refractivity (Wildman–Crippen MR) is 37.8 cm³/mol. The fourth-order valence-electron chi connectivity index (χ4n) is 0.428. The molecule has 0 saturated heterocycles. The van der Waals surface area contributed by atoms with Crippen molar-refractivity contribution in [1.29, 1.82) is 0 Å². The molecule has 0 radical (unpaired) electrons. The minimum absolute atomic E-state index is 0. The molecule has 0 aromatic carbocycles. The van der Waals surface area contributed by atoms with Crippen molar-refractivity contribution in [2.45, 2.75) is 13.8 Å². The summed E-state index contributed by atoms with van der Waals surface area (Å²) in [6.07, 6.45) is 0. The Labute approximate surface area is 61.4 Å². The van der Waals surface area contributed by atoms with E-state index >= 15 is 0 Å². The second-order valence-corrected chi connectivity index (χ2v) is 2.25. The number of carboxylic acids is 2. The molecule has 0 heterocycles. The summed E-state index contributed by atoms with van der Waals surface area (Å²) < 4.78 is 0. The number of hydrogen-bond acceptors (Lipinski definition) is 2. The standard InChI is InChI=1S/C6H10O4.2H2/c1-3(5(7)8)4(2)6(9)10;;/h3-4H,1-2H3,(H,7,8)(H,9,10);2*1H. The van der Waals surface area contributed by atoms with Crippen LogP contribution in [0.2, 0.25) is 0 Å². The van der Waals surface area contributed by atoms with Crippen molar-refractivity contribution in [2.75, 3.05) is 0 Å². The summed E-state index contributed by atoms with van der Waals surface area (Å²) in [4.78, 5) is 20.4. The lowest BCUT2D eigenvalue weighted by Crippen LogP contribution is -2.24. The third-order valence-corrected chi connectivity index (χ3v) is 1.53. The van der Waals surface area contributed by atoms with Gasteiger partial charge in [-0.05, 0) is 0 Å². The molecule has 0 aromatic rings. The molecule has 0 bridgehead atoms.